The molecule has 1 fully saturated rings. The molecule has 2 N–H and O–H groups in total. The molecule has 1 aromatic heterocycles. The van der Waals surface area contributed by atoms with Crippen LogP contribution in [0.2, 0.25) is 0 Å². The molecule has 1 saturated heterocycles. The number of nitrogens with two attached hydrogens (primary N) is 1. The smallest absolute Gasteiger partial charge is 0.131 e. The fourth-order valence-corrected chi connectivity index (χ4v) is 2.48. The highest BCUT2D eigenvalue weighted by atomic mass is 35.5. The van der Waals surface area contributed by atoms with Crippen LogP contribution >= 0.6 is 12.4 Å². The lowest BCUT2D eigenvalue weighted by Crippen LogP contribution is -2.35. The number of hydrogen-bond acceptors (Lipinski definition) is 3. The van der Waals surface area contributed by atoms with Gasteiger partial charge in [-0.15, -0.1) is 12.4 Å². The largest absolute Gasteiger partial charge is 0.356 e. The predicted molar refractivity (Wildman–Crippen MR) is 74.8 cm³/mol. The first-order chi connectivity index (χ1) is 7.81. The average molecular weight is 256 g/mol. The third kappa shape index (κ3) is 3.58. The summed E-state index contributed by atoms with van der Waals surface area (Å²) in [5.74, 6) is 1.99. The molecule has 0 saturated carbocycles. The minimum Gasteiger partial charge on any atom is -0.356 e. The van der Waals surface area contributed by atoms with Crippen molar-refractivity contribution in [2.75, 3.05) is 24.5 Å². The second-order valence-corrected chi connectivity index (χ2v) is 4.65. The first-order valence-electron chi connectivity index (χ1n) is 6.18. The van der Waals surface area contributed by atoms with Crippen LogP contribution in [0.4, 0.5) is 5.82 Å². The van der Waals surface area contributed by atoms with Gasteiger partial charge in [-0.1, -0.05) is 6.07 Å². The van der Waals surface area contributed by atoms with Crippen LogP contribution in [-0.2, 0) is 0 Å². The Labute approximate surface area is 110 Å². The molecule has 1 aliphatic heterocycles. The van der Waals surface area contributed by atoms with Crippen molar-refractivity contribution in [3.63, 3.8) is 0 Å². The van der Waals surface area contributed by atoms with Crippen molar-refractivity contribution in [2.24, 2.45) is 11.7 Å². The molecule has 0 aliphatic carbocycles. The first kappa shape index (κ1) is 14.3. The molecular weight excluding hydrogens is 234 g/mol. The maximum Gasteiger partial charge on any atom is 0.131 e. The lowest BCUT2D eigenvalue weighted by molar-refractivity contribution is 0.385. The lowest BCUT2D eigenvalue weighted by Gasteiger charge is -2.33. The molecule has 0 spiro atoms. The van der Waals surface area contributed by atoms with Crippen molar-refractivity contribution in [2.45, 2.75) is 26.2 Å². The van der Waals surface area contributed by atoms with E-state index in [1.54, 1.807) is 0 Å². The molecule has 1 aromatic rings. The zero-order chi connectivity index (χ0) is 11.4. The van der Waals surface area contributed by atoms with Crippen LogP contribution in [-0.4, -0.2) is 24.6 Å². The summed E-state index contributed by atoms with van der Waals surface area (Å²) < 4.78 is 0. The molecule has 0 amide bonds. The van der Waals surface area contributed by atoms with E-state index in [4.69, 9.17) is 5.73 Å². The van der Waals surface area contributed by atoms with E-state index in [0.29, 0.717) is 0 Å². The number of aryl methyl sites for hydroxylation is 1. The Bertz CT molecular complexity index is 335. The number of aromatic nitrogens is 1. The normalized spacial score (nSPS) is 16.7. The third-order valence-corrected chi connectivity index (χ3v) is 3.47. The van der Waals surface area contributed by atoms with Gasteiger partial charge >= 0.3 is 0 Å². The Balaban J connectivity index is 0.00000144. The summed E-state index contributed by atoms with van der Waals surface area (Å²) >= 11 is 0. The highest BCUT2D eigenvalue weighted by Crippen LogP contribution is 2.25. The Kier molecular flexibility index (Phi) is 5.72. The second-order valence-electron chi connectivity index (χ2n) is 4.65. The van der Waals surface area contributed by atoms with Crippen LogP contribution in [0.3, 0.4) is 0 Å². The zero-order valence-corrected chi connectivity index (χ0v) is 11.2. The lowest BCUT2D eigenvalue weighted by atomic mass is 9.93. The summed E-state index contributed by atoms with van der Waals surface area (Å²) in [6.45, 7) is 5.21. The van der Waals surface area contributed by atoms with E-state index in [-0.39, 0.29) is 12.4 Å². The van der Waals surface area contributed by atoms with E-state index in [0.717, 1.165) is 31.4 Å². The molecule has 0 aromatic carbocycles. The molecule has 3 nitrogen and oxygen atoms in total. The minimum atomic E-state index is 0. The van der Waals surface area contributed by atoms with Gasteiger partial charge in [0.25, 0.3) is 0 Å². The standard InChI is InChI=1S/C13H21N3.ClH/c1-11-3-2-8-15-13(11)16-9-5-12(4-7-14)6-10-16;/h2-3,8,12H,4-7,9-10,14H2,1H3;1H. The molecule has 0 radical (unpaired) electrons. The van der Waals surface area contributed by atoms with Crippen molar-refractivity contribution in [3.8, 4) is 0 Å². The number of hydrogen-bond donors (Lipinski definition) is 1. The van der Waals surface area contributed by atoms with Crippen molar-refractivity contribution in [3.05, 3.63) is 23.9 Å². The van der Waals surface area contributed by atoms with E-state index in [1.807, 2.05) is 12.3 Å². The van der Waals surface area contributed by atoms with E-state index < -0.39 is 0 Å². The van der Waals surface area contributed by atoms with Crippen LogP contribution in [0.1, 0.15) is 24.8 Å². The molecule has 1 aliphatic rings. The maximum absolute atomic E-state index is 5.60. The van der Waals surface area contributed by atoms with Gasteiger partial charge in [-0.3, -0.25) is 0 Å². The van der Waals surface area contributed by atoms with Gasteiger partial charge in [-0.05, 0) is 50.3 Å². The van der Waals surface area contributed by atoms with Gasteiger partial charge in [-0.25, -0.2) is 4.98 Å². The summed E-state index contributed by atoms with van der Waals surface area (Å²) in [6, 6.07) is 4.13. The molecule has 0 bridgehead atoms. The summed E-state index contributed by atoms with van der Waals surface area (Å²) in [5.41, 5.74) is 6.88. The highest BCUT2D eigenvalue weighted by molar-refractivity contribution is 5.85. The Morgan fingerprint density at radius 2 is 2.12 bits per heavy atom. The van der Waals surface area contributed by atoms with Gasteiger partial charge in [0.05, 0.1) is 0 Å². The van der Waals surface area contributed by atoms with E-state index in [2.05, 4.69) is 22.9 Å². The molecule has 4 heteroatoms. The number of piperidine rings is 1. The predicted octanol–water partition coefficient (Wildman–Crippen LogP) is 2.38. The number of pyridine rings is 1. The van der Waals surface area contributed by atoms with Gasteiger partial charge in [0, 0.05) is 19.3 Å². The summed E-state index contributed by atoms with van der Waals surface area (Å²) in [4.78, 5) is 6.88. The zero-order valence-electron chi connectivity index (χ0n) is 10.4. The summed E-state index contributed by atoms with van der Waals surface area (Å²) in [5, 5.41) is 0. The van der Waals surface area contributed by atoms with E-state index >= 15 is 0 Å². The van der Waals surface area contributed by atoms with E-state index in [9.17, 15) is 0 Å². The quantitative estimate of drug-likeness (QED) is 0.902. The SMILES string of the molecule is Cc1cccnc1N1CCC(CCN)CC1.Cl. The monoisotopic (exact) mass is 255 g/mol. The molecule has 96 valence electrons. The molecule has 2 rings (SSSR count). The van der Waals surface area contributed by atoms with Gasteiger partial charge in [0.15, 0.2) is 0 Å². The Hall–Kier alpha value is -0.800. The fraction of sp³-hybridized carbons (Fsp3) is 0.615. The van der Waals surface area contributed by atoms with Crippen molar-refractivity contribution in [1.82, 2.24) is 4.98 Å². The third-order valence-electron chi connectivity index (χ3n) is 3.47. The van der Waals surface area contributed by atoms with Crippen molar-refractivity contribution >= 4 is 18.2 Å². The Morgan fingerprint density at radius 3 is 2.71 bits per heavy atom. The van der Waals surface area contributed by atoms with Gasteiger partial charge in [0.1, 0.15) is 5.82 Å². The Morgan fingerprint density at radius 1 is 1.41 bits per heavy atom. The highest BCUT2D eigenvalue weighted by Gasteiger charge is 2.20. The molecule has 0 unspecified atom stereocenters. The summed E-state index contributed by atoms with van der Waals surface area (Å²) in [6.07, 6.45) is 5.57. The van der Waals surface area contributed by atoms with Crippen LogP contribution in [0, 0.1) is 12.8 Å². The van der Waals surface area contributed by atoms with E-state index in [1.165, 1.54) is 24.8 Å². The second kappa shape index (κ2) is 6.82. The molecule has 2 heterocycles. The van der Waals surface area contributed by atoms with Crippen LogP contribution in [0.25, 0.3) is 0 Å². The summed E-state index contributed by atoms with van der Waals surface area (Å²) in [7, 11) is 0. The van der Waals surface area contributed by atoms with Crippen LogP contribution < -0.4 is 10.6 Å². The first-order valence-corrected chi connectivity index (χ1v) is 6.18. The fourth-order valence-electron chi connectivity index (χ4n) is 2.48. The van der Waals surface area contributed by atoms with Crippen molar-refractivity contribution in [1.29, 1.82) is 0 Å². The van der Waals surface area contributed by atoms with Gasteiger partial charge < -0.3 is 10.6 Å². The number of anilines is 1. The molecule has 17 heavy (non-hydrogen) atoms. The van der Waals surface area contributed by atoms with Crippen LogP contribution in [0.15, 0.2) is 18.3 Å². The van der Waals surface area contributed by atoms with Crippen LogP contribution in [0.5, 0.6) is 0 Å². The minimum absolute atomic E-state index is 0. The topological polar surface area (TPSA) is 42.2 Å². The van der Waals surface area contributed by atoms with Crippen molar-refractivity contribution < 1.29 is 0 Å². The van der Waals surface area contributed by atoms with Gasteiger partial charge in [0.2, 0.25) is 0 Å². The molecule has 0 atom stereocenters. The average Bonchev–Trinajstić information content (AvgIpc) is 2.31. The maximum atomic E-state index is 5.60. The van der Waals surface area contributed by atoms with Gasteiger partial charge in [-0.2, -0.15) is 0 Å². The molecular formula is C13H22ClN3. The number of halogens is 1. The number of rotatable bonds is 3. The number of nitrogens with zero attached hydrogens (tertiary/aromatic N) is 2.